The molecular weight excluding hydrogens is 526 g/mol. The third-order valence-electron chi connectivity index (χ3n) is 6.44. The monoisotopic (exact) mass is 557 g/mol. The number of benzene rings is 1. The molecule has 3 amide bonds. The van der Waals surface area contributed by atoms with Crippen LogP contribution < -0.4 is 33.0 Å². The van der Waals surface area contributed by atoms with Crippen molar-refractivity contribution in [2.45, 2.75) is 50.6 Å². The molecule has 1 aliphatic heterocycles. The number of primary amides is 1. The predicted molar refractivity (Wildman–Crippen MR) is 141 cm³/mol. The number of aromatic nitrogens is 2. The molecule has 1 aromatic carbocycles. The molecule has 15 heteroatoms. The lowest BCUT2D eigenvalue weighted by Gasteiger charge is -2.24. The lowest BCUT2D eigenvalue weighted by atomic mass is 9.91. The summed E-state index contributed by atoms with van der Waals surface area (Å²) < 4.78 is 0. The minimum absolute atomic E-state index is 0.0601. The van der Waals surface area contributed by atoms with E-state index in [9.17, 15) is 33.9 Å². The maximum absolute atomic E-state index is 12.6. The van der Waals surface area contributed by atoms with Crippen molar-refractivity contribution in [2.24, 2.45) is 11.7 Å². The SMILES string of the molecule is NC(=O)C[C@@H](NC(=O)CC[C@H](NC(=O)c1ccc(CCC2CNc3nc(N)[nH]c(=O)c3C2)cc1)C(=O)O)C(=O)O. The van der Waals surface area contributed by atoms with Gasteiger partial charge in [-0.05, 0) is 49.3 Å². The molecule has 10 N–H and O–H groups in total. The van der Waals surface area contributed by atoms with E-state index in [1.807, 2.05) is 0 Å². The number of H-pyrrole nitrogens is 1. The predicted octanol–water partition coefficient (Wildman–Crippen LogP) is -1.02. The van der Waals surface area contributed by atoms with Crippen LogP contribution in [0.4, 0.5) is 11.8 Å². The van der Waals surface area contributed by atoms with Gasteiger partial charge in [-0.2, -0.15) is 4.98 Å². The van der Waals surface area contributed by atoms with Gasteiger partial charge in [0.25, 0.3) is 11.5 Å². The highest BCUT2D eigenvalue weighted by Gasteiger charge is 2.26. The van der Waals surface area contributed by atoms with Crippen molar-refractivity contribution in [2.75, 3.05) is 17.6 Å². The highest BCUT2D eigenvalue weighted by atomic mass is 16.4. The molecule has 0 aliphatic carbocycles. The Kier molecular flexibility index (Phi) is 9.78. The molecule has 0 fully saturated rings. The van der Waals surface area contributed by atoms with Crippen LogP contribution in [0.25, 0.3) is 0 Å². The van der Waals surface area contributed by atoms with Crippen molar-refractivity contribution < 1.29 is 34.2 Å². The Bertz CT molecular complexity index is 1340. The number of aromatic amines is 1. The Morgan fingerprint density at radius 2 is 1.73 bits per heavy atom. The molecule has 0 spiro atoms. The fourth-order valence-corrected chi connectivity index (χ4v) is 4.29. The van der Waals surface area contributed by atoms with Crippen LogP contribution in [0, 0.1) is 5.92 Å². The summed E-state index contributed by atoms with van der Waals surface area (Å²) in [5.41, 5.74) is 12.0. The van der Waals surface area contributed by atoms with E-state index >= 15 is 0 Å². The van der Waals surface area contributed by atoms with Gasteiger partial charge in [0.05, 0.1) is 12.0 Å². The average molecular weight is 558 g/mol. The molecular formula is C25H31N7O8. The Labute approximate surface area is 227 Å². The van der Waals surface area contributed by atoms with Gasteiger partial charge in [-0.3, -0.25) is 24.2 Å². The molecule has 3 rings (SSSR count). The molecule has 1 aromatic heterocycles. The lowest BCUT2D eigenvalue weighted by Crippen LogP contribution is -2.45. The van der Waals surface area contributed by atoms with Crippen molar-refractivity contribution in [3.05, 3.63) is 51.3 Å². The summed E-state index contributed by atoms with van der Waals surface area (Å²) in [6, 6.07) is 3.68. The summed E-state index contributed by atoms with van der Waals surface area (Å²) in [7, 11) is 0. The number of aliphatic carboxylic acids is 2. The number of anilines is 2. The Morgan fingerprint density at radius 3 is 2.35 bits per heavy atom. The van der Waals surface area contributed by atoms with E-state index in [-0.39, 0.29) is 29.4 Å². The number of fused-ring (bicyclic) bond motifs is 1. The van der Waals surface area contributed by atoms with Crippen molar-refractivity contribution in [1.29, 1.82) is 0 Å². The van der Waals surface area contributed by atoms with Crippen molar-refractivity contribution in [3.63, 3.8) is 0 Å². The summed E-state index contributed by atoms with van der Waals surface area (Å²) in [6.45, 7) is 0.639. The van der Waals surface area contributed by atoms with E-state index < -0.39 is 54.6 Å². The first-order valence-corrected chi connectivity index (χ1v) is 12.5. The molecule has 40 heavy (non-hydrogen) atoms. The van der Waals surface area contributed by atoms with Gasteiger partial charge in [-0.1, -0.05) is 12.1 Å². The highest BCUT2D eigenvalue weighted by molar-refractivity contribution is 5.96. The number of amides is 3. The number of aryl methyl sites for hydroxylation is 1. The molecule has 214 valence electrons. The van der Waals surface area contributed by atoms with Gasteiger partial charge in [0, 0.05) is 18.5 Å². The second-order valence-electron chi connectivity index (χ2n) is 9.50. The van der Waals surface area contributed by atoms with Crippen LogP contribution in [-0.2, 0) is 32.0 Å². The standard InChI is InChI=1S/C25H31N7O8/c26-18(33)10-17(24(39)40)29-19(34)8-7-16(23(37)38)30-21(35)14-5-3-12(4-6-14)1-2-13-9-15-20(28-11-13)31-25(27)32-22(15)36/h3-6,13,16-17H,1-2,7-11H2,(H2,26,33)(H,29,34)(H,30,35)(H,37,38)(H,39,40)(H4,27,28,31,32,36)/t13?,16-,17+/m0/s1. The number of rotatable bonds is 13. The van der Waals surface area contributed by atoms with Crippen LogP contribution in [-0.4, -0.2) is 68.5 Å². The Balaban J connectivity index is 1.50. The smallest absolute Gasteiger partial charge is 0.326 e. The number of carbonyl (C=O) groups excluding carboxylic acids is 3. The van der Waals surface area contributed by atoms with E-state index in [1.54, 1.807) is 24.3 Å². The van der Waals surface area contributed by atoms with Gasteiger partial charge in [-0.25, -0.2) is 9.59 Å². The largest absolute Gasteiger partial charge is 0.480 e. The number of nitrogens with one attached hydrogen (secondary N) is 4. The maximum atomic E-state index is 12.6. The van der Waals surface area contributed by atoms with E-state index in [0.29, 0.717) is 30.8 Å². The lowest BCUT2D eigenvalue weighted by molar-refractivity contribution is -0.143. The molecule has 1 unspecified atom stereocenters. The molecule has 0 bridgehead atoms. The minimum atomic E-state index is -1.54. The van der Waals surface area contributed by atoms with Gasteiger partial charge < -0.3 is 37.6 Å². The second kappa shape index (κ2) is 13.2. The zero-order valence-electron chi connectivity index (χ0n) is 21.4. The van der Waals surface area contributed by atoms with Gasteiger partial charge in [0.1, 0.15) is 17.9 Å². The van der Waals surface area contributed by atoms with Crippen LogP contribution in [0.15, 0.2) is 29.1 Å². The first-order valence-electron chi connectivity index (χ1n) is 12.5. The average Bonchev–Trinajstić information content (AvgIpc) is 2.89. The zero-order valence-corrected chi connectivity index (χ0v) is 21.4. The Hall–Kier alpha value is -4.95. The summed E-state index contributed by atoms with van der Waals surface area (Å²) in [5, 5.41) is 26.1. The number of carboxylic acids is 2. The number of carboxylic acid groups (broad SMARTS) is 2. The molecule has 0 radical (unpaired) electrons. The van der Waals surface area contributed by atoms with Crippen LogP contribution in [0.2, 0.25) is 0 Å². The van der Waals surface area contributed by atoms with E-state index in [4.69, 9.17) is 16.6 Å². The van der Waals surface area contributed by atoms with Crippen LogP contribution in [0.5, 0.6) is 0 Å². The van der Waals surface area contributed by atoms with Gasteiger partial charge in [0.15, 0.2) is 0 Å². The first kappa shape index (κ1) is 29.6. The number of carbonyl (C=O) groups is 5. The first-order chi connectivity index (χ1) is 18.9. The molecule has 2 aromatic rings. The Morgan fingerprint density at radius 1 is 1.05 bits per heavy atom. The minimum Gasteiger partial charge on any atom is -0.480 e. The summed E-state index contributed by atoms with van der Waals surface area (Å²) in [6.07, 6.45) is 0.680. The molecule has 0 saturated carbocycles. The van der Waals surface area contributed by atoms with Crippen LogP contribution in [0.1, 0.15) is 47.2 Å². The summed E-state index contributed by atoms with van der Waals surface area (Å²) in [4.78, 5) is 77.2. The van der Waals surface area contributed by atoms with E-state index in [0.717, 1.165) is 12.0 Å². The maximum Gasteiger partial charge on any atom is 0.326 e. The summed E-state index contributed by atoms with van der Waals surface area (Å²) in [5.74, 6) is -4.47. The topological polar surface area (TPSA) is 260 Å². The van der Waals surface area contributed by atoms with E-state index in [1.165, 1.54) is 0 Å². The molecule has 3 atom stereocenters. The van der Waals surface area contributed by atoms with Crippen molar-refractivity contribution in [1.82, 2.24) is 20.6 Å². The third-order valence-corrected chi connectivity index (χ3v) is 6.44. The zero-order chi connectivity index (χ0) is 29.4. The molecule has 1 aliphatic rings. The number of nitrogens with two attached hydrogens (primary N) is 2. The van der Waals surface area contributed by atoms with E-state index in [2.05, 4.69) is 25.9 Å². The third kappa shape index (κ3) is 8.28. The molecule has 0 saturated heterocycles. The number of hydrogen-bond donors (Lipinski definition) is 8. The fraction of sp³-hybridized carbons (Fsp3) is 0.400. The summed E-state index contributed by atoms with van der Waals surface area (Å²) >= 11 is 0. The van der Waals surface area contributed by atoms with Crippen molar-refractivity contribution in [3.8, 4) is 0 Å². The number of nitrogen functional groups attached to an aromatic ring is 1. The van der Waals surface area contributed by atoms with Gasteiger partial charge in [-0.15, -0.1) is 0 Å². The highest BCUT2D eigenvalue weighted by Crippen LogP contribution is 2.23. The van der Waals surface area contributed by atoms with Gasteiger partial charge in [0.2, 0.25) is 17.8 Å². The van der Waals surface area contributed by atoms with Gasteiger partial charge >= 0.3 is 11.9 Å². The van der Waals surface area contributed by atoms with Crippen molar-refractivity contribution >= 4 is 41.4 Å². The number of nitrogens with zero attached hydrogens (tertiary/aromatic N) is 1. The quantitative estimate of drug-likeness (QED) is 0.148. The normalized spacial score (nSPS) is 15.6. The molecule has 15 nitrogen and oxygen atoms in total. The molecule has 2 heterocycles. The fourth-order valence-electron chi connectivity index (χ4n) is 4.29. The van der Waals surface area contributed by atoms with Crippen LogP contribution >= 0.6 is 0 Å². The second-order valence-corrected chi connectivity index (χ2v) is 9.50. The van der Waals surface area contributed by atoms with Crippen LogP contribution in [0.3, 0.4) is 0 Å². The number of hydrogen-bond acceptors (Lipinski definition) is 9.